The zero-order valence-electron chi connectivity index (χ0n) is 13.3. The topological polar surface area (TPSA) is 24.9 Å². The lowest BCUT2D eigenvalue weighted by Crippen LogP contribution is -2.35. The Hall–Kier alpha value is -1.10. The highest BCUT2D eigenvalue weighted by atomic mass is 19.4. The van der Waals surface area contributed by atoms with E-state index in [4.69, 9.17) is 0 Å². The number of hydrogen-bond donors (Lipinski definition) is 1. The van der Waals surface area contributed by atoms with Gasteiger partial charge in [-0.3, -0.25) is 4.98 Å². The molecular weight excluding hydrogens is 289 g/mol. The van der Waals surface area contributed by atoms with Gasteiger partial charge in [-0.2, -0.15) is 13.2 Å². The molecule has 1 unspecified atom stereocenters. The van der Waals surface area contributed by atoms with Gasteiger partial charge in [-0.05, 0) is 25.1 Å². The van der Waals surface area contributed by atoms with E-state index in [-0.39, 0.29) is 5.69 Å². The van der Waals surface area contributed by atoms with Gasteiger partial charge in [0.15, 0.2) is 0 Å². The van der Waals surface area contributed by atoms with E-state index in [0.29, 0.717) is 6.54 Å². The van der Waals surface area contributed by atoms with E-state index in [9.17, 15) is 13.2 Å². The van der Waals surface area contributed by atoms with Crippen molar-refractivity contribution in [3.05, 3.63) is 30.1 Å². The Morgan fingerprint density at radius 1 is 1.00 bits per heavy atom. The first-order valence-corrected chi connectivity index (χ1v) is 8.26. The molecule has 0 fully saturated rings. The van der Waals surface area contributed by atoms with E-state index in [2.05, 4.69) is 17.2 Å². The number of aromatic nitrogens is 1. The van der Waals surface area contributed by atoms with Crippen molar-refractivity contribution < 1.29 is 13.2 Å². The van der Waals surface area contributed by atoms with Crippen molar-refractivity contribution in [2.45, 2.75) is 70.5 Å². The molecule has 0 aliphatic heterocycles. The van der Waals surface area contributed by atoms with Gasteiger partial charge >= 0.3 is 6.18 Å². The number of unbranched alkanes of at least 4 members (excludes halogenated alkanes) is 7. The molecule has 5 heteroatoms. The lowest BCUT2D eigenvalue weighted by Gasteiger charge is -2.21. The molecule has 126 valence electrons. The summed E-state index contributed by atoms with van der Waals surface area (Å²) in [7, 11) is 0. The Morgan fingerprint density at radius 3 is 2.18 bits per heavy atom. The van der Waals surface area contributed by atoms with Gasteiger partial charge < -0.3 is 5.32 Å². The van der Waals surface area contributed by atoms with E-state index in [1.165, 1.54) is 44.4 Å². The second-order valence-corrected chi connectivity index (χ2v) is 5.66. The monoisotopic (exact) mass is 316 g/mol. The van der Waals surface area contributed by atoms with Crippen LogP contribution in [0.3, 0.4) is 0 Å². The molecule has 1 heterocycles. The van der Waals surface area contributed by atoms with Crippen LogP contribution in [0.1, 0.15) is 70.0 Å². The van der Waals surface area contributed by atoms with Crippen LogP contribution in [0.4, 0.5) is 13.2 Å². The summed E-state index contributed by atoms with van der Waals surface area (Å²) >= 11 is 0. The SMILES string of the molecule is CCCCCCCCCCNC(c1ccccn1)C(F)(F)F. The van der Waals surface area contributed by atoms with Crippen molar-refractivity contribution in [1.29, 1.82) is 0 Å². The van der Waals surface area contributed by atoms with Crippen LogP contribution in [0.15, 0.2) is 24.4 Å². The molecule has 0 bridgehead atoms. The molecule has 0 radical (unpaired) electrons. The average Bonchev–Trinajstić information content (AvgIpc) is 2.49. The summed E-state index contributed by atoms with van der Waals surface area (Å²) in [5.41, 5.74) is 0.0366. The van der Waals surface area contributed by atoms with E-state index >= 15 is 0 Å². The predicted molar refractivity (Wildman–Crippen MR) is 83.6 cm³/mol. The molecule has 0 saturated heterocycles. The Labute approximate surface area is 131 Å². The highest BCUT2D eigenvalue weighted by molar-refractivity contribution is 5.10. The molecule has 1 rings (SSSR count). The van der Waals surface area contributed by atoms with Gasteiger partial charge in [0.1, 0.15) is 6.04 Å². The zero-order chi connectivity index (χ0) is 16.3. The summed E-state index contributed by atoms with van der Waals surface area (Å²) in [5, 5.41) is 2.60. The summed E-state index contributed by atoms with van der Waals surface area (Å²) in [6.07, 6.45) is 6.13. The van der Waals surface area contributed by atoms with E-state index in [0.717, 1.165) is 19.3 Å². The van der Waals surface area contributed by atoms with Crippen LogP contribution in [0, 0.1) is 0 Å². The number of hydrogen-bond acceptors (Lipinski definition) is 2. The Bertz CT molecular complexity index is 379. The number of alkyl halides is 3. The Balaban J connectivity index is 2.23. The van der Waals surface area contributed by atoms with Crippen LogP contribution in [0.2, 0.25) is 0 Å². The number of nitrogens with zero attached hydrogens (tertiary/aromatic N) is 1. The minimum absolute atomic E-state index is 0.0366. The highest BCUT2D eigenvalue weighted by Crippen LogP contribution is 2.31. The van der Waals surface area contributed by atoms with Crippen LogP contribution in [-0.2, 0) is 0 Å². The number of halogens is 3. The molecule has 22 heavy (non-hydrogen) atoms. The summed E-state index contributed by atoms with van der Waals surface area (Å²) in [6.45, 7) is 2.56. The first-order valence-electron chi connectivity index (χ1n) is 8.26. The third-order valence-corrected chi connectivity index (χ3v) is 3.69. The van der Waals surface area contributed by atoms with Crippen molar-refractivity contribution in [1.82, 2.24) is 10.3 Å². The van der Waals surface area contributed by atoms with Gasteiger partial charge in [0.05, 0.1) is 5.69 Å². The van der Waals surface area contributed by atoms with Crippen molar-refractivity contribution in [2.75, 3.05) is 6.54 Å². The second-order valence-electron chi connectivity index (χ2n) is 5.66. The predicted octanol–water partition coefficient (Wildman–Crippen LogP) is 5.42. The fourth-order valence-electron chi connectivity index (χ4n) is 2.44. The fraction of sp³-hybridized carbons (Fsp3) is 0.706. The van der Waals surface area contributed by atoms with Crippen molar-refractivity contribution in [2.24, 2.45) is 0 Å². The van der Waals surface area contributed by atoms with Crippen molar-refractivity contribution in [3.8, 4) is 0 Å². The van der Waals surface area contributed by atoms with Gasteiger partial charge in [-0.1, -0.05) is 57.9 Å². The zero-order valence-corrected chi connectivity index (χ0v) is 13.3. The molecule has 0 aromatic carbocycles. The Morgan fingerprint density at radius 2 is 1.64 bits per heavy atom. The third-order valence-electron chi connectivity index (χ3n) is 3.69. The normalized spacial score (nSPS) is 13.3. The molecule has 1 atom stereocenters. The second kappa shape index (κ2) is 10.6. The average molecular weight is 316 g/mol. The molecule has 0 saturated carbocycles. The lowest BCUT2D eigenvalue weighted by molar-refractivity contribution is -0.158. The number of nitrogens with one attached hydrogen (secondary N) is 1. The van der Waals surface area contributed by atoms with Crippen molar-refractivity contribution in [3.63, 3.8) is 0 Å². The molecular formula is C17H27F3N2. The summed E-state index contributed by atoms with van der Waals surface area (Å²) in [5.74, 6) is 0. The minimum atomic E-state index is -4.31. The molecule has 1 aromatic rings. The first kappa shape index (κ1) is 18.9. The molecule has 1 N–H and O–H groups in total. The van der Waals surface area contributed by atoms with E-state index in [1.54, 1.807) is 12.1 Å². The van der Waals surface area contributed by atoms with Crippen LogP contribution < -0.4 is 5.32 Å². The first-order chi connectivity index (χ1) is 10.6. The lowest BCUT2D eigenvalue weighted by atomic mass is 10.1. The third kappa shape index (κ3) is 7.78. The molecule has 0 amide bonds. The van der Waals surface area contributed by atoms with Crippen LogP contribution in [0.5, 0.6) is 0 Å². The highest BCUT2D eigenvalue weighted by Gasteiger charge is 2.41. The molecule has 0 aliphatic rings. The van der Waals surface area contributed by atoms with Crippen molar-refractivity contribution >= 4 is 0 Å². The van der Waals surface area contributed by atoms with E-state index in [1.807, 2.05) is 0 Å². The van der Waals surface area contributed by atoms with Gasteiger partial charge in [0.25, 0.3) is 0 Å². The largest absolute Gasteiger partial charge is 0.409 e. The molecule has 0 aliphatic carbocycles. The van der Waals surface area contributed by atoms with Crippen LogP contribution in [-0.4, -0.2) is 17.7 Å². The summed E-state index contributed by atoms with van der Waals surface area (Å²) in [6, 6.07) is 2.95. The standard InChI is InChI=1S/C17H27F3N2/c1-2-3-4-5-6-7-8-10-14-22-16(17(18,19)20)15-12-9-11-13-21-15/h9,11-13,16,22H,2-8,10,14H2,1H3. The van der Waals surface area contributed by atoms with Crippen LogP contribution >= 0.6 is 0 Å². The van der Waals surface area contributed by atoms with Gasteiger partial charge in [-0.25, -0.2) is 0 Å². The maximum absolute atomic E-state index is 13.1. The summed E-state index contributed by atoms with van der Waals surface area (Å²) in [4.78, 5) is 3.82. The smallest absolute Gasteiger partial charge is 0.301 e. The molecule has 1 aromatic heterocycles. The van der Waals surface area contributed by atoms with Gasteiger partial charge in [0, 0.05) is 6.20 Å². The maximum atomic E-state index is 13.1. The minimum Gasteiger partial charge on any atom is -0.301 e. The van der Waals surface area contributed by atoms with E-state index < -0.39 is 12.2 Å². The summed E-state index contributed by atoms with van der Waals surface area (Å²) < 4.78 is 39.2. The van der Waals surface area contributed by atoms with Gasteiger partial charge in [0.2, 0.25) is 0 Å². The molecule has 0 spiro atoms. The fourth-order valence-corrected chi connectivity index (χ4v) is 2.44. The van der Waals surface area contributed by atoms with Gasteiger partial charge in [-0.15, -0.1) is 0 Å². The molecule has 2 nitrogen and oxygen atoms in total. The maximum Gasteiger partial charge on any atom is 0.409 e. The number of pyridine rings is 1. The van der Waals surface area contributed by atoms with Crippen LogP contribution in [0.25, 0.3) is 0 Å². The number of rotatable bonds is 11. The quantitative estimate of drug-likeness (QED) is 0.552. The Kier molecular flexibility index (Phi) is 9.13.